The van der Waals surface area contributed by atoms with Crippen LogP contribution in [-0.4, -0.2) is 18.5 Å². The molecule has 0 aliphatic heterocycles. The molecule has 0 amide bonds. The van der Waals surface area contributed by atoms with E-state index in [0.29, 0.717) is 17.1 Å². The number of phenolic OH excluding ortho intramolecular Hbond substituents is 1. The zero-order valence-corrected chi connectivity index (χ0v) is 14.3. The van der Waals surface area contributed by atoms with Crippen LogP contribution in [0.15, 0.2) is 71.8 Å². The second-order valence-corrected chi connectivity index (χ2v) is 7.10. The van der Waals surface area contributed by atoms with E-state index in [0.717, 1.165) is 5.69 Å². The smallest absolute Gasteiger partial charge is 0.262 e. The number of benzene rings is 2. The van der Waals surface area contributed by atoms with Gasteiger partial charge in [-0.25, -0.2) is 13.4 Å². The van der Waals surface area contributed by atoms with E-state index < -0.39 is 10.0 Å². The fourth-order valence-electron chi connectivity index (χ4n) is 2.32. The topological polar surface area (TPSA) is 91.3 Å². The van der Waals surface area contributed by atoms with Crippen LogP contribution in [0, 0.1) is 6.92 Å². The van der Waals surface area contributed by atoms with E-state index in [1.807, 2.05) is 30.3 Å². The van der Waals surface area contributed by atoms with Crippen LogP contribution in [0.1, 0.15) is 5.56 Å². The standard InChI is InChI=1S/C18H17N3O3S/c1-13-9-10-15(22)12-17(13)25(23,24)21-16-8-5-11-19-18(16)20-14-6-3-2-4-7-14/h2-12,21-22H,1H3,(H,19,20). The summed E-state index contributed by atoms with van der Waals surface area (Å²) in [6, 6.07) is 16.8. The molecule has 3 N–H and O–H groups in total. The molecule has 3 rings (SSSR count). The van der Waals surface area contributed by atoms with Gasteiger partial charge in [0.25, 0.3) is 10.0 Å². The Balaban J connectivity index is 1.94. The summed E-state index contributed by atoms with van der Waals surface area (Å²) in [5.74, 6) is 0.273. The van der Waals surface area contributed by atoms with Gasteiger partial charge in [-0.1, -0.05) is 24.3 Å². The summed E-state index contributed by atoms with van der Waals surface area (Å²) in [7, 11) is -3.87. The second-order valence-electron chi connectivity index (χ2n) is 5.45. The van der Waals surface area contributed by atoms with Crippen molar-refractivity contribution in [3.8, 4) is 5.75 Å². The van der Waals surface area contributed by atoms with E-state index in [-0.39, 0.29) is 10.6 Å². The highest BCUT2D eigenvalue weighted by atomic mass is 32.2. The van der Waals surface area contributed by atoms with Gasteiger partial charge in [0, 0.05) is 18.0 Å². The highest BCUT2D eigenvalue weighted by molar-refractivity contribution is 7.92. The van der Waals surface area contributed by atoms with E-state index in [4.69, 9.17) is 0 Å². The van der Waals surface area contributed by atoms with E-state index >= 15 is 0 Å². The molecule has 0 fully saturated rings. The van der Waals surface area contributed by atoms with Crippen molar-refractivity contribution < 1.29 is 13.5 Å². The summed E-state index contributed by atoms with van der Waals surface area (Å²) >= 11 is 0. The van der Waals surface area contributed by atoms with E-state index in [2.05, 4.69) is 15.0 Å². The van der Waals surface area contributed by atoms with E-state index in [1.54, 1.807) is 31.3 Å². The van der Waals surface area contributed by atoms with Gasteiger partial charge in [0.15, 0.2) is 5.82 Å². The number of anilines is 3. The van der Waals surface area contributed by atoms with Crippen molar-refractivity contribution in [2.75, 3.05) is 10.0 Å². The van der Waals surface area contributed by atoms with Gasteiger partial charge in [-0.05, 0) is 42.8 Å². The predicted molar refractivity (Wildman–Crippen MR) is 97.6 cm³/mol. The van der Waals surface area contributed by atoms with Crippen LogP contribution < -0.4 is 10.0 Å². The van der Waals surface area contributed by atoms with Gasteiger partial charge in [-0.2, -0.15) is 0 Å². The maximum atomic E-state index is 12.7. The first-order valence-corrected chi connectivity index (χ1v) is 9.03. The molecule has 3 aromatic rings. The number of sulfonamides is 1. The fourth-order valence-corrected chi connectivity index (χ4v) is 3.66. The minimum atomic E-state index is -3.87. The zero-order chi connectivity index (χ0) is 17.9. The SMILES string of the molecule is Cc1ccc(O)cc1S(=O)(=O)Nc1cccnc1Nc1ccccc1. The van der Waals surface area contributed by atoms with Crippen LogP contribution in [0.2, 0.25) is 0 Å². The Morgan fingerprint density at radius 3 is 2.52 bits per heavy atom. The summed E-state index contributed by atoms with van der Waals surface area (Å²) in [5, 5.41) is 12.7. The summed E-state index contributed by atoms with van der Waals surface area (Å²) in [6.45, 7) is 1.67. The number of pyridine rings is 1. The summed E-state index contributed by atoms with van der Waals surface area (Å²) < 4.78 is 27.9. The summed E-state index contributed by atoms with van der Waals surface area (Å²) in [4.78, 5) is 4.22. The molecule has 0 bridgehead atoms. The van der Waals surface area contributed by atoms with E-state index in [9.17, 15) is 13.5 Å². The number of aromatic nitrogens is 1. The first-order chi connectivity index (χ1) is 12.0. The van der Waals surface area contributed by atoms with Gasteiger partial charge in [0.2, 0.25) is 0 Å². The molecular weight excluding hydrogens is 338 g/mol. The minimum Gasteiger partial charge on any atom is -0.508 e. The molecule has 1 heterocycles. The van der Waals surface area contributed by atoms with Crippen LogP contribution in [0.3, 0.4) is 0 Å². The number of rotatable bonds is 5. The molecule has 0 aliphatic rings. The number of nitrogens with one attached hydrogen (secondary N) is 2. The van der Waals surface area contributed by atoms with Crippen molar-refractivity contribution in [2.24, 2.45) is 0 Å². The van der Waals surface area contributed by atoms with Gasteiger partial charge in [0.1, 0.15) is 5.75 Å². The Morgan fingerprint density at radius 1 is 1.00 bits per heavy atom. The molecular formula is C18H17N3O3S. The van der Waals surface area contributed by atoms with Gasteiger partial charge in [0.05, 0.1) is 10.6 Å². The molecule has 128 valence electrons. The molecule has 2 aromatic carbocycles. The molecule has 0 saturated heterocycles. The molecule has 0 atom stereocenters. The highest BCUT2D eigenvalue weighted by Crippen LogP contribution is 2.27. The molecule has 0 aliphatic carbocycles. The van der Waals surface area contributed by atoms with Crippen molar-refractivity contribution in [3.05, 3.63) is 72.4 Å². The van der Waals surface area contributed by atoms with Crippen LogP contribution in [0.25, 0.3) is 0 Å². The number of phenols is 1. The summed E-state index contributed by atoms with van der Waals surface area (Å²) in [6.07, 6.45) is 1.57. The minimum absolute atomic E-state index is 0.0158. The number of para-hydroxylation sites is 1. The Hall–Kier alpha value is -3.06. The molecule has 1 aromatic heterocycles. The average molecular weight is 355 g/mol. The maximum absolute atomic E-state index is 12.7. The average Bonchev–Trinajstić information content (AvgIpc) is 2.59. The highest BCUT2D eigenvalue weighted by Gasteiger charge is 2.19. The van der Waals surface area contributed by atoms with Gasteiger partial charge < -0.3 is 10.4 Å². The van der Waals surface area contributed by atoms with Crippen molar-refractivity contribution in [3.63, 3.8) is 0 Å². The van der Waals surface area contributed by atoms with E-state index in [1.165, 1.54) is 12.1 Å². The largest absolute Gasteiger partial charge is 0.508 e. The Labute approximate surface area is 146 Å². The number of hydrogen-bond donors (Lipinski definition) is 3. The van der Waals surface area contributed by atoms with Crippen molar-refractivity contribution >= 4 is 27.2 Å². The lowest BCUT2D eigenvalue weighted by Gasteiger charge is -2.14. The van der Waals surface area contributed by atoms with Crippen molar-refractivity contribution in [2.45, 2.75) is 11.8 Å². The number of aromatic hydroxyl groups is 1. The lowest BCUT2D eigenvalue weighted by atomic mass is 10.2. The monoisotopic (exact) mass is 355 g/mol. The fraction of sp³-hybridized carbons (Fsp3) is 0.0556. The third-order valence-electron chi connectivity index (χ3n) is 3.55. The predicted octanol–water partition coefficient (Wildman–Crippen LogP) is 3.64. The third kappa shape index (κ3) is 3.89. The number of hydrogen-bond acceptors (Lipinski definition) is 5. The molecule has 0 spiro atoms. The Morgan fingerprint density at radius 2 is 1.76 bits per heavy atom. The summed E-state index contributed by atoms with van der Waals surface area (Å²) in [5.41, 5.74) is 1.64. The second kappa shape index (κ2) is 6.82. The van der Waals surface area contributed by atoms with Crippen LogP contribution in [0.4, 0.5) is 17.2 Å². The van der Waals surface area contributed by atoms with Crippen molar-refractivity contribution in [1.82, 2.24) is 4.98 Å². The Kier molecular flexibility index (Phi) is 4.58. The molecule has 25 heavy (non-hydrogen) atoms. The zero-order valence-electron chi connectivity index (χ0n) is 13.5. The molecule has 6 nitrogen and oxygen atoms in total. The molecule has 0 saturated carbocycles. The lowest BCUT2D eigenvalue weighted by Crippen LogP contribution is -2.15. The molecule has 0 unspecified atom stereocenters. The number of aryl methyl sites for hydroxylation is 1. The lowest BCUT2D eigenvalue weighted by molar-refractivity contribution is 0.473. The normalized spacial score (nSPS) is 11.1. The van der Waals surface area contributed by atoms with Gasteiger partial charge in [-0.3, -0.25) is 4.72 Å². The van der Waals surface area contributed by atoms with Crippen LogP contribution in [-0.2, 0) is 10.0 Å². The third-order valence-corrected chi connectivity index (χ3v) is 5.06. The van der Waals surface area contributed by atoms with Crippen LogP contribution in [0.5, 0.6) is 5.75 Å². The van der Waals surface area contributed by atoms with Crippen LogP contribution >= 0.6 is 0 Å². The first-order valence-electron chi connectivity index (χ1n) is 7.55. The maximum Gasteiger partial charge on any atom is 0.262 e. The number of nitrogens with zero attached hydrogens (tertiary/aromatic N) is 1. The molecule has 0 radical (unpaired) electrons. The first kappa shape index (κ1) is 16.8. The molecule has 7 heteroatoms. The van der Waals surface area contributed by atoms with Crippen molar-refractivity contribution in [1.29, 1.82) is 0 Å². The quantitative estimate of drug-likeness (QED) is 0.650. The van der Waals surface area contributed by atoms with Gasteiger partial charge >= 0.3 is 0 Å². The van der Waals surface area contributed by atoms with Gasteiger partial charge in [-0.15, -0.1) is 0 Å². The Bertz CT molecular complexity index is 989.